The van der Waals surface area contributed by atoms with Crippen LogP contribution in [0.5, 0.6) is 0 Å². The molecule has 1 heterocycles. The molecule has 2 aromatic rings. The molecule has 0 aliphatic rings. The van der Waals surface area contributed by atoms with E-state index in [4.69, 9.17) is 17.3 Å². The minimum absolute atomic E-state index is 0.126. The third kappa shape index (κ3) is 1.63. The largest absolute Gasteiger partial charge is 0.357 e. The fourth-order valence-corrected chi connectivity index (χ4v) is 1.92. The first-order valence-corrected chi connectivity index (χ1v) is 5.07. The van der Waals surface area contributed by atoms with Crippen molar-refractivity contribution in [2.24, 2.45) is 5.73 Å². The van der Waals surface area contributed by atoms with E-state index in [-0.39, 0.29) is 6.04 Å². The lowest BCUT2D eigenvalue weighted by atomic mass is 10.2. The second-order valence-corrected chi connectivity index (χ2v) is 4.02. The average molecular weight is 209 g/mol. The van der Waals surface area contributed by atoms with Crippen molar-refractivity contribution in [2.45, 2.75) is 19.4 Å². The van der Waals surface area contributed by atoms with Crippen molar-refractivity contribution in [2.75, 3.05) is 0 Å². The second kappa shape index (κ2) is 3.64. The van der Waals surface area contributed by atoms with Crippen molar-refractivity contribution in [3.63, 3.8) is 0 Å². The number of aromatic nitrogens is 1. The van der Waals surface area contributed by atoms with Crippen LogP contribution in [0.3, 0.4) is 0 Å². The first-order chi connectivity index (χ1) is 6.68. The molecule has 0 fully saturated rings. The molecular formula is C11H13ClN2. The monoisotopic (exact) mass is 208 g/mol. The minimum atomic E-state index is 0.126. The van der Waals surface area contributed by atoms with Crippen LogP contribution < -0.4 is 5.73 Å². The molecule has 74 valence electrons. The standard InChI is InChI=1S/C11H13ClN2/c1-7(13)6-10-11(12)8-4-2-3-5-9(8)14-10/h2-5,7,14H,6,13H2,1H3. The quantitative estimate of drug-likeness (QED) is 0.783. The van der Waals surface area contributed by atoms with Crippen LogP contribution in [0.1, 0.15) is 12.6 Å². The zero-order valence-corrected chi connectivity index (χ0v) is 8.81. The summed E-state index contributed by atoms with van der Waals surface area (Å²) in [6, 6.07) is 8.13. The summed E-state index contributed by atoms with van der Waals surface area (Å²) in [4.78, 5) is 3.28. The Kier molecular flexibility index (Phi) is 2.48. The lowest BCUT2D eigenvalue weighted by Crippen LogP contribution is -2.18. The predicted molar refractivity (Wildman–Crippen MR) is 60.7 cm³/mol. The van der Waals surface area contributed by atoms with E-state index in [0.717, 1.165) is 28.0 Å². The van der Waals surface area contributed by atoms with E-state index in [1.165, 1.54) is 0 Å². The third-order valence-corrected chi connectivity index (χ3v) is 2.67. The molecule has 0 bridgehead atoms. The Morgan fingerprint density at radius 1 is 1.43 bits per heavy atom. The zero-order chi connectivity index (χ0) is 10.1. The van der Waals surface area contributed by atoms with E-state index in [1.54, 1.807) is 0 Å². The molecule has 2 nitrogen and oxygen atoms in total. The van der Waals surface area contributed by atoms with Gasteiger partial charge in [0.2, 0.25) is 0 Å². The van der Waals surface area contributed by atoms with Gasteiger partial charge in [-0.25, -0.2) is 0 Å². The molecule has 2 rings (SSSR count). The first-order valence-electron chi connectivity index (χ1n) is 4.69. The van der Waals surface area contributed by atoms with E-state index >= 15 is 0 Å². The lowest BCUT2D eigenvalue weighted by molar-refractivity contribution is 0.727. The van der Waals surface area contributed by atoms with Crippen LogP contribution in [0.4, 0.5) is 0 Å². The normalized spacial score (nSPS) is 13.4. The molecule has 1 aromatic heterocycles. The Morgan fingerprint density at radius 3 is 2.79 bits per heavy atom. The number of hydrogen-bond acceptors (Lipinski definition) is 1. The van der Waals surface area contributed by atoms with Crippen LogP contribution in [-0.4, -0.2) is 11.0 Å². The third-order valence-electron chi connectivity index (χ3n) is 2.24. The topological polar surface area (TPSA) is 41.8 Å². The summed E-state index contributed by atoms with van der Waals surface area (Å²) in [7, 11) is 0. The number of benzene rings is 1. The highest BCUT2D eigenvalue weighted by molar-refractivity contribution is 6.36. The number of fused-ring (bicyclic) bond motifs is 1. The molecule has 1 atom stereocenters. The molecule has 1 aromatic carbocycles. The van der Waals surface area contributed by atoms with E-state index in [9.17, 15) is 0 Å². The smallest absolute Gasteiger partial charge is 0.0692 e. The van der Waals surface area contributed by atoms with Gasteiger partial charge in [0.1, 0.15) is 0 Å². The molecular weight excluding hydrogens is 196 g/mol. The summed E-state index contributed by atoms with van der Waals surface area (Å²) in [6.07, 6.45) is 0.785. The summed E-state index contributed by atoms with van der Waals surface area (Å²) < 4.78 is 0. The van der Waals surface area contributed by atoms with E-state index in [2.05, 4.69) is 4.98 Å². The number of rotatable bonds is 2. The maximum atomic E-state index is 6.21. The Balaban J connectivity index is 2.51. The number of nitrogens with two attached hydrogens (primary N) is 1. The molecule has 3 N–H and O–H groups in total. The number of halogens is 1. The Bertz CT molecular complexity index is 445. The van der Waals surface area contributed by atoms with Gasteiger partial charge in [0, 0.05) is 29.1 Å². The lowest BCUT2D eigenvalue weighted by Gasteiger charge is -2.02. The van der Waals surface area contributed by atoms with Crippen molar-refractivity contribution >= 4 is 22.5 Å². The molecule has 0 spiro atoms. The summed E-state index contributed by atoms with van der Waals surface area (Å²) in [5, 5.41) is 1.88. The summed E-state index contributed by atoms with van der Waals surface area (Å²) in [5.74, 6) is 0. The number of hydrogen-bond donors (Lipinski definition) is 2. The van der Waals surface area contributed by atoms with Crippen molar-refractivity contribution in [3.05, 3.63) is 35.0 Å². The summed E-state index contributed by atoms with van der Waals surface area (Å²) in [5.41, 5.74) is 7.84. The van der Waals surface area contributed by atoms with Gasteiger partial charge >= 0.3 is 0 Å². The fraction of sp³-hybridized carbons (Fsp3) is 0.273. The van der Waals surface area contributed by atoms with Crippen LogP contribution in [0.2, 0.25) is 5.02 Å². The highest BCUT2D eigenvalue weighted by atomic mass is 35.5. The highest BCUT2D eigenvalue weighted by Crippen LogP contribution is 2.27. The van der Waals surface area contributed by atoms with Crippen LogP contribution in [-0.2, 0) is 6.42 Å². The highest BCUT2D eigenvalue weighted by Gasteiger charge is 2.09. The van der Waals surface area contributed by atoms with E-state index in [1.807, 2.05) is 31.2 Å². The number of H-pyrrole nitrogens is 1. The maximum Gasteiger partial charge on any atom is 0.0692 e. The molecule has 0 saturated heterocycles. The molecule has 0 saturated carbocycles. The van der Waals surface area contributed by atoms with Gasteiger partial charge in [-0.1, -0.05) is 29.8 Å². The van der Waals surface area contributed by atoms with Crippen LogP contribution in [0.15, 0.2) is 24.3 Å². The minimum Gasteiger partial charge on any atom is -0.357 e. The second-order valence-electron chi connectivity index (χ2n) is 3.64. The van der Waals surface area contributed by atoms with Gasteiger partial charge in [0.05, 0.1) is 5.02 Å². The molecule has 0 amide bonds. The number of nitrogens with one attached hydrogen (secondary N) is 1. The SMILES string of the molecule is CC(N)Cc1[nH]c2ccccc2c1Cl. The number of para-hydroxylation sites is 1. The van der Waals surface area contributed by atoms with Crippen LogP contribution in [0.25, 0.3) is 10.9 Å². The molecule has 0 aliphatic heterocycles. The Morgan fingerprint density at radius 2 is 2.14 bits per heavy atom. The molecule has 0 aliphatic carbocycles. The van der Waals surface area contributed by atoms with Gasteiger partial charge < -0.3 is 10.7 Å². The molecule has 14 heavy (non-hydrogen) atoms. The molecule has 1 unspecified atom stereocenters. The Hall–Kier alpha value is -0.990. The zero-order valence-electron chi connectivity index (χ0n) is 8.05. The maximum absolute atomic E-state index is 6.21. The van der Waals surface area contributed by atoms with E-state index < -0.39 is 0 Å². The fourth-order valence-electron chi connectivity index (χ4n) is 1.63. The average Bonchev–Trinajstić information content (AvgIpc) is 2.44. The van der Waals surface area contributed by atoms with E-state index in [0.29, 0.717) is 0 Å². The Labute approximate surface area is 88.1 Å². The van der Waals surface area contributed by atoms with Crippen molar-refractivity contribution in [1.82, 2.24) is 4.98 Å². The number of aromatic amines is 1. The van der Waals surface area contributed by atoms with Crippen LogP contribution in [0, 0.1) is 0 Å². The predicted octanol–water partition coefficient (Wildman–Crippen LogP) is 2.71. The summed E-state index contributed by atoms with van der Waals surface area (Å²) >= 11 is 6.21. The van der Waals surface area contributed by atoms with Crippen molar-refractivity contribution in [3.8, 4) is 0 Å². The van der Waals surface area contributed by atoms with Gasteiger partial charge in [0.25, 0.3) is 0 Å². The van der Waals surface area contributed by atoms with Crippen molar-refractivity contribution < 1.29 is 0 Å². The molecule has 3 heteroatoms. The first kappa shape index (κ1) is 9.56. The van der Waals surface area contributed by atoms with Crippen molar-refractivity contribution in [1.29, 1.82) is 0 Å². The molecule has 0 radical (unpaired) electrons. The van der Waals surface area contributed by atoms with Gasteiger partial charge in [-0.15, -0.1) is 0 Å². The van der Waals surface area contributed by atoms with Gasteiger partial charge in [0.15, 0.2) is 0 Å². The van der Waals surface area contributed by atoms with Gasteiger partial charge in [-0.2, -0.15) is 0 Å². The van der Waals surface area contributed by atoms with Crippen LogP contribution >= 0.6 is 11.6 Å². The van der Waals surface area contributed by atoms with Gasteiger partial charge in [-0.3, -0.25) is 0 Å². The van der Waals surface area contributed by atoms with Gasteiger partial charge in [-0.05, 0) is 13.0 Å². The summed E-state index contributed by atoms with van der Waals surface area (Å²) in [6.45, 7) is 1.97.